The molecule has 3 unspecified atom stereocenters. The lowest BCUT2D eigenvalue weighted by molar-refractivity contribution is 0.569. The Hall–Kier alpha value is -5.14. The maximum Gasteiger partial charge on any atom is 0.0676 e. The van der Waals surface area contributed by atoms with Crippen LogP contribution in [0.4, 0.5) is 5.69 Å². The van der Waals surface area contributed by atoms with Crippen LogP contribution in [0.1, 0.15) is 61.4 Å². The summed E-state index contributed by atoms with van der Waals surface area (Å²) in [5.74, 6) is 0.783. The van der Waals surface area contributed by atoms with Gasteiger partial charge in [-0.1, -0.05) is 179 Å². The van der Waals surface area contributed by atoms with Crippen molar-refractivity contribution in [2.45, 2.75) is 58.9 Å². The van der Waals surface area contributed by atoms with E-state index in [1.54, 1.807) is 5.57 Å². The lowest BCUT2D eigenvalue weighted by Crippen LogP contribution is -2.36. The average Bonchev–Trinajstić information content (AvgIpc) is 3.43. The van der Waals surface area contributed by atoms with Crippen molar-refractivity contribution in [3.63, 3.8) is 0 Å². The Morgan fingerprint density at radius 1 is 0.820 bits per heavy atom. The van der Waals surface area contributed by atoms with E-state index in [1.165, 1.54) is 50.1 Å². The fourth-order valence-electron chi connectivity index (χ4n) is 8.03. The largest absolute Gasteiger partial charge is 0.378 e. The quantitative estimate of drug-likeness (QED) is 0.187. The van der Waals surface area contributed by atoms with Crippen molar-refractivity contribution < 1.29 is 0 Å². The zero-order valence-electron chi connectivity index (χ0n) is 30.4. The van der Waals surface area contributed by atoms with Crippen molar-refractivity contribution in [1.29, 1.82) is 0 Å². The number of hydrogen-bond donors (Lipinski definition) is 1. The van der Waals surface area contributed by atoms with Crippen molar-refractivity contribution in [1.82, 2.24) is 0 Å². The molecule has 50 heavy (non-hydrogen) atoms. The predicted octanol–water partition coefficient (Wildman–Crippen LogP) is 12.7. The molecule has 4 aromatic rings. The Morgan fingerprint density at radius 2 is 1.46 bits per heavy atom. The number of hydrogen-bond acceptors (Lipinski definition) is 1. The molecule has 0 bridgehead atoms. The van der Waals surface area contributed by atoms with Crippen LogP contribution in [0.2, 0.25) is 0 Å². The second-order valence-electron chi connectivity index (χ2n) is 13.9. The van der Waals surface area contributed by atoms with E-state index < -0.39 is 0 Å². The van der Waals surface area contributed by atoms with Gasteiger partial charge in [-0.15, -0.1) is 0 Å². The van der Waals surface area contributed by atoms with E-state index in [0.29, 0.717) is 11.8 Å². The predicted molar refractivity (Wildman–Crippen MR) is 216 cm³/mol. The number of rotatable bonds is 8. The Morgan fingerprint density at radius 3 is 2.04 bits per heavy atom. The highest BCUT2D eigenvalue weighted by atomic mass is 14.9. The molecule has 7 rings (SSSR count). The van der Waals surface area contributed by atoms with Crippen molar-refractivity contribution in [3.05, 3.63) is 214 Å². The number of aryl methyl sites for hydroxylation is 2. The van der Waals surface area contributed by atoms with Crippen LogP contribution < -0.4 is 5.32 Å². The lowest BCUT2D eigenvalue weighted by Gasteiger charge is -2.40. The summed E-state index contributed by atoms with van der Waals surface area (Å²) in [6.45, 7) is 15.1. The molecule has 3 aliphatic rings. The molecule has 4 aromatic carbocycles. The standard InChI is InChI=1S/C42H43N.C7H8/c1-6-8-11-18-32(7-2)37-27-35(25-24-29(37)3)43-40-28-39-38(26-31(40)5)36-23-16-17-30(4)41(36)42(39,33-19-12-9-13-20-33)34-21-14-10-15-22-34;1-7-5-3-2-4-6-7/h6,8-16,18-28,30-31,40,43H,1,7,17H2,2-5H3;2-6H,1H3/b11-8-,32-18+;. The summed E-state index contributed by atoms with van der Waals surface area (Å²) >= 11 is 0. The molecule has 0 heterocycles. The van der Waals surface area contributed by atoms with E-state index in [2.05, 4.69) is 174 Å². The zero-order valence-corrected chi connectivity index (χ0v) is 30.4. The first-order chi connectivity index (χ1) is 24.4. The summed E-state index contributed by atoms with van der Waals surface area (Å²) in [6, 6.07) is 39.6. The van der Waals surface area contributed by atoms with Crippen LogP contribution in [-0.4, -0.2) is 6.04 Å². The van der Waals surface area contributed by atoms with Gasteiger partial charge in [-0.25, -0.2) is 0 Å². The van der Waals surface area contributed by atoms with Crippen LogP contribution in [0.5, 0.6) is 0 Å². The number of allylic oxidation sites excluding steroid dienone is 11. The molecule has 0 aromatic heterocycles. The highest BCUT2D eigenvalue weighted by molar-refractivity contribution is 5.78. The first kappa shape index (κ1) is 34.7. The fraction of sp³-hybridized carbons (Fsp3) is 0.224. The van der Waals surface area contributed by atoms with Gasteiger partial charge in [0.25, 0.3) is 0 Å². The molecule has 252 valence electrons. The Kier molecular flexibility index (Phi) is 10.8. The topological polar surface area (TPSA) is 12.0 Å². The number of benzene rings is 4. The van der Waals surface area contributed by atoms with Gasteiger partial charge < -0.3 is 5.32 Å². The Labute approximate surface area is 300 Å². The van der Waals surface area contributed by atoms with Gasteiger partial charge in [-0.05, 0) is 101 Å². The molecule has 0 fully saturated rings. The van der Waals surface area contributed by atoms with E-state index in [-0.39, 0.29) is 11.5 Å². The monoisotopic (exact) mass is 653 g/mol. The average molecular weight is 654 g/mol. The first-order valence-corrected chi connectivity index (χ1v) is 18.2. The van der Waals surface area contributed by atoms with Gasteiger partial charge >= 0.3 is 0 Å². The minimum Gasteiger partial charge on any atom is -0.378 e. The summed E-state index contributed by atoms with van der Waals surface area (Å²) < 4.78 is 0. The van der Waals surface area contributed by atoms with Crippen LogP contribution >= 0.6 is 0 Å². The van der Waals surface area contributed by atoms with Gasteiger partial charge in [0.05, 0.1) is 11.5 Å². The normalized spacial score (nSPS) is 20.7. The van der Waals surface area contributed by atoms with Gasteiger partial charge in [0.15, 0.2) is 0 Å². The summed E-state index contributed by atoms with van der Waals surface area (Å²) in [4.78, 5) is 0. The molecule has 3 atom stereocenters. The first-order valence-electron chi connectivity index (χ1n) is 18.2. The summed E-state index contributed by atoms with van der Waals surface area (Å²) in [5.41, 5.74) is 14.6. The van der Waals surface area contributed by atoms with Gasteiger partial charge in [0.2, 0.25) is 0 Å². The molecule has 0 radical (unpaired) electrons. The van der Waals surface area contributed by atoms with Gasteiger partial charge in [-0.2, -0.15) is 0 Å². The smallest absolute Gasteiger partial charge is 0.0676 e. The second-order valence-corrected chi connectivity index (χ2v) is 13.9. The van der Waals surface area contributed by atoms with Crippen LogP contribution in [0.15, 0.2) is 187 Å². The van der Waals surface area contributed by atoms with E-state index in [9.17, 15) is 0 Å². The van der Waals surface area contributed by atoms with Crippen molar-refractivity contribution >= 4 is 11.3 Å². The van der Waals surface area contributed by atoms with Crippen LogP contribution in [0.3, 0.4) is 0 Å². The third-order valence-corrected chi connectivity index (χ3v) is 10.5. The lowest BCUT2D eigenvalue weighted by atomic mass is 9.62. The SMILES string of the molecule is C=C/C=C\C=C(/CC)c1cc(NC2C=C3C(=CC2C)C2=C(C(C)CC=C2)C3(c2ccccc2)c2ccccc2)ccc1C.Cc1ccccc1. The van der Waals surface area contributed by atoms with Gasteiger partial charge in [-0.3, -0.25) is 0 Å². The molecule has 1 heteroatoms. The molecule has 1 N–H and O–H groups in total. The Bertz CT molecular complexity index is 1940. The molecule has 0 saturated heterocycles. The maximum atomic E-state index is 3.97. The van der Waals surface area contributed by atoms with Crippen LogP contribution in [0, 0.1) is 25.7 Å². The van der Waals surface area contributed by atoms with Gasteiger partial charge in [0.1, 0.15) is 0 Å². The number of fused-ring (bicyclic) bond motifs is 2. The van der Waals surface area contributed by atoms with Gasteiger partial charge in [0, 0.05) is 5.69 Å². The molecule has 1 nitrogen and oxygen atoms in total. The van der Waals surface area contributed by atoms with E-state index in [0.717, 1.165) is 18.5 Å². The fourth-order valence-corrected chi connectivity index (χ4v) is 8.03. The third kappa shape index (κ3) is 6.83. The molecular formula is C49H51N. The molecular weight excluding hydrogens is 603 g/mol. The van der Waals surface area contributed by atoms with E-state index >= 15 is 0 Å². The van der Waals surface area contributed by atoms with Crippen molar-refractivity contribution in [2.24, 2.45) is 11.8 Å². The molecule has 3 aliphatic carbocycles. The molecule has 0 spiro atoms. The number of nitrogens with one attached hydrogen (secondary N) is 1. The molecule has 0 saturated carbocycles. The molecule has 0 amide bonds. The number of anilines is 1. The minimum atomic E-state index is -0.317. The minimum absolute atomic E-state index is 0.163. The summed E-state index contributed by atoms with van der Waals surface area (Å²) in [5, 5.41) is 3.97. The van der Waals surface area contributed by atoms with E-state index in [4.69, 9.17) is 0 Å². The maximum absolute atomic E-state index is 3.97. The highest BCUT2D eigenvalue weighted by Crippen LogP contribution is 2.61. The van der Waals surface area contributed by atoms with Crippen LogP contribution in [-0.2, 0) is 5.41 Å². The summed E-state index contributed by atoms with van der Waals surface area (Å²) in [6.07, 6.45) is 20.0. The van der Waals surface area contributed by atoms with Crippen LogP contribution in [0.25, 0.3) is 5.57 Å². The highest BCUT2D eigenvalue weighted by Gasteiger charge is 2.52. The van der Waals surface area contributed by atoms with E-state index in [1.807, 2.05) is 30.4 Å². The Balaban J connectivity index is 0.000000552. The molecule has 0 aliphatic heterocycles. The third-order valence-electron chi connectivity index (χ3n) is 10.5. The van der Waals surface area contributed by atoms with Crippen molar-refractivity contribution in [3.8, 4) is 0 Å². The zero-order chi connectivity index (χ0) is 35.1. The second kappa shape index (κ2) is 15.6. The van der Waals surface area contributed by atoms with Crippen molar-refractivity contribution in [2.75, 3.05) is 5.32 Å². The summed E-state index contributed by atoms with van der Waals surface area (Å²) in [7, 11) is 0.